The average molecular weight is 188 g/mol. The zero-order valence-electron chi connectivity index (χ0n) is 8.37. The quantitative estimate of drug-likeness (QED) is 0.707. The fourth-order valence-electron chi connectivity index (χ4n) is 1.69. The molecule has 1 saturated heterocycles. The van der Waals surface area contributed by atoms with Crippen LogP contribution in [0.25, 0.3) is 0 Å². The molecule has 1 rings (SSSR count). The Bertz CT molecular complexity index is 121. The van der Waals surface area contributed by atoms with E-state index in [0.717, 1.165) is 25.9 Å². The van der Waals surface area contributed by atoms with Crippen molar-refractivity contribution >= 4 is 0 Å². The van der Waals surface area contributed by atoms with Crippen molar-refractivity contribution in [2.45, 2.75) is 44.3 Å². The highest BCUT2D eigenvalue weighted by atomic mass is 16.5. The Morgan fingerprint density at radius 3 is 3.00 bits per heavy atom. The molecule has 1 N–H and O–H groups in total. The molecular formula is C10H20O3. The normalized spacial score (nSPS) is 25.8. The van der Waals surface area contributed by atoms with E-state index in [-0.39, 0.29) is 6.10 Å². The molecule has 0 spiro atoms. The summed E-state index contributed by atoms with van der Waals surface area (Å²) in [6.45, 7) is 1.33. The van der Waals surface area contributed by atoms with Crippen molar-refractivity contribution < 1.29 is 14.6 Å². The minimum Gasteiger partial charge on any atom is -0.391 e. The van der Waals surface area contributed by atoms with E-state index < -0.39 is 0 Å². The van der Waals surface area contributed by atoms with Gasteiger partial charge in [-0.3, -0.25) is 0 Å². The molecule has 0 saturated carbocycles. The van der Waals surface area contributed by atoms with E-state index in [0.29, 0.717) is 12.7 Å². The third-order valence-electron chi connectivity index (χ3n) is 2.45. The second-order valence-corrected chi connectivity index (χ2v) is 3.68. The Morgan fingerprint density at radius 1 is 1.54 bits per heavy atom. The largest absolute Gasteiger partial charge is 0.391 e. The van der Waals surface area contributed by atoms with Gasteiger partial charge in [0.15, 0.2) is 0 Å². The smallest absolute Gasteiger partial charge is 0.0774 e. The molecule has 0 amide bonds. The summed E-state index contributed by atoms with van der Waals surface area (Å²) in [4.78, 5) is 0. The maximum Gasteiger partial charge on any atom is 0.0774 e. The third kappa shape index (κ3) is 4.60. The number of aliphatic hydroxyl groups is 1. The van der Waals surface area contributed by atoms with Gasteiger partial charge in [0.2, 0.25) is 0 Å². The molecule has 2 unspecified atom stereocenters. The van der Waals surface area contributed by atoms with Gasteiger partial charge in [-0.1, -0.05) is 0 Å². The number of hydrogen-bond acceptors (Lipinski definition) is 3. The predicted octanol–water partition coefficient (Wildman–Crippen LogP) is 1.34. The van der Waals surface area contributed by atoms with E-state index >= 15 is 0 Å². The molecule has 78 valence electrons. The van der Waals surface area contributed by atoms with Gasteiger partial charge >= 0.3 is 0 Å². The lowest BCUT2D eigenvalue weighted by molar-refractivity contribution is -0.00585. The first kappa shape index (κ1) is 11.0. The minimum absolute atomic E-state index is 0.324. The summed E-state index contributed by atoms with van der Waals surface area (Å²) >= 11 is 0. The van der Waals surface area contributed by atoms with E-state index in [4.69, 9.17) is 9.47 Å². The molecule has 1 fully saturated rings. The fraction of sp³-hybridized carbons (Fsp3) is 1.00. The molecule has 13 heavy (non-hydrogen) atoms. The average Bonchev–Trinajstić information content (AvgIpc) is 2.17. The van der Waals surface area contributed by atoms with E-state index in [1.165, 1.54) is 12.8 Å². The maximum absolute atomic E-state index is 9.40. The molecule has 1 aliphatic rings. The molecule has 3 heteroatoms. The molecule has 0 radical (unpaired) electrons. The van der Waals surface area contributed by atoms with Gasteiger partial charge in [-0.25, -0.2) is 0 Å². The lowest BCUT2D eigenvalue weighted by Gasteiger charge is -2.23. The van der Waals surface area contributed by atoms with Crippen LogP contribution in [0.15, 0.2) is 0 Å². The van der Waals surface area contributed by atoms with Crippen LogP contribution in [0.5, 0.6) is 0 Å². The molecular weight excluding hydrogens is 168 g/mol. The molecule has 0 aromatic heterocycles. The number of ether oxygens (including phenoxy) is 2. The van der Waals surface area contributed by atoms with E-state index in [1.54, 1.807) is 7.11 Å². The van der Waals surface area contributed by atoms with Gasteiger partial charge in [-0.2, -0.15) is 0 Å². The van der Waals surface area contributed by atoms with E-state index in [1.807, 2.05) is 0 Å². The topological polar surface area (TPSA) is 38.7 Å². The number of aliphatic hydroxyl groups excluding tert-OH is 1. The number of rotatable bonds is 5. The Kier molecular flexibility index (Phi) is 5.35. The molecule has 0 bridgehead atoms. The van der Waals surface area contributed by atoms with Crippen molar-refractivity contribution in [1.29, 1.82) is 0 Å². The zero-order valence-corrected chi connectivity index (χ0v) is 8.37. The molecule has 2 atom stereocenters. The Hall–Kier alpha value is -0.120. The first-order valence-electron chi connectivity index (χ1n) is 5.11. The lowest BCUT2D eigenvalue weighted by Crippen LogP contribution is -2.22. The Labute approximate surface area is 80.0 Å². The highest BCUT2D eigenvalue weighted by Gasteiger charge is 2.15. The van der Waals surface area contributed by atoms with Gasteiger partial charge in [0.05, 0.1) is 18.8 Å². The van der Waals surface area contributed by atoms with Crippen LogP contribution in [-0.2, 0) is 9.47 Å². The van der Waals surface area contributed by atoms with Gasteiger partial charge in [-0.15, -0.1) is 0 Å². The first-order chi connectivity index (χ1) is 6.33. The molecule has 1 aliphatic heterocycles. The van der Waals surface area contributed by atoms with Gasteiger partial charge < -0.3 is 14.6 Å². The van der Waals surface area contributed by atoms with Gasteiger partial charge in [0.25, 0.3) is 0 Å². The van der Waals surface area contributed by atoms with Crippen molar-refractivity contribution in [3.8, 4) is 0 Å². The van der Waals surface area contributed by atoms with Crippen molar-refractivity contribution in [2.75, 3.05) is 20.3 Å². The van der Waals surface area contributed by atoms with Crippen LogP contribution >= 0.6 is 0 Å². The van der Waals surface area contributed by atoms with Crippen molar-refractivity contribution in [3.63, 3.8) is 0 Å². The second-order valence-electron chi connectivity index (χ2n) is 3.68. The predicted molar refractivity (Wildman–Crippen MR) is 50.7 cm³/mol. The van der Waals surface area contributed by atoms with Crippen LogP contribution in [-0.4, -0.2) is 37.6 Å². The summed E-state index contributed by atoms with van der Waals surface area (Å²) in [7, 11) is 1.61. The summed E-state index contributed by atoms with van der Waals surface area (Å²) in [5.74, 6) is 0. The Balaban J connectivity index is 2.03. The summed E-state index contributed by atoms with van der Waals surface area (Å²) in [6, 6.07) is 0. The molecule has 0 aliphatic carbocycles. The van der Waals surface area contributed by atoms with Crippen molar-refractivity contribution in [2.24, 2.45) is 0 Å². The van der Waals surface area contributed by atoms with Crippen LogP contribution in [0.2, 0.25) is 0 Å². The molecule has 1 heterocycles. The highest BCUT2D eigenvalue weighted by Crippen LogP contribution is 2.17. The standard InChI is InChI=1S/C10H20O3/c1-12-8-9(11)5-6-10-4-2-3-7-13-10/h9-11H,2-8H2,1H3. The zero-order chi connectivity index (χ0) is 9.52. The Morgan fingerprint density at radius 2 is 2.38 bits per heavy atom. The summed E-state index contributed by atoms with van der Waals surface area (Å²) in [5, 5.41) is 9.40. The van der Waals surface area contributed by atoms with Crippen molar-refractivity contribution in [3.05, 3.63) is 0 Å². The second kappa shape index (κ2) is 6.35. The fourth-order valence-corrected chi connectivity index (χ4v) is 1.69. The SMILES string of the molecule is COCC(O)CCC1CCCCO1. The lowest BCUT2D eigenvalue weighted by atomic mass is 10.0. The maximum atomic E-state index is 9.40. The van der Waals surface area contributed by atoms with Gasteiger partial charge in [0.1, 0.15) is 0 Å². The van der Waals surface area contributed by atoms with E-state index in [9.17, 15) is 5.11 Å². The van der Waals surface area contributed by atoms with Crippen LogP contribution in [0.1, 0.15) is 32.1 Å². The molecule has 3 nitrogen and oxygen atoms in total. The van der Waals surface area contributed by atoms with E-state index in [2.05, 4.69) is 0 Å². The number of methoxy groups -OCH3 is 1. The summed E-state index contributed by atoms with van der Waals surface area (Å²) in [6.07, 6.45) is 5.42. The van der Waals surface area contributed by atoms with Crippen LogP contribution in [0, 0.1) is 0 Å². The molecule has 0 aromatic carbocycles. The first-order valence-corrected chi connectivity index (χ1v) is 5.11. The van der Waals surface area contributed by atoms with Gasteiger partial charge in [0, 0.05) is 13.7 Å². The van der Waals surface area contributed by atoms with Crippen LogP contribution in [0.4, 0.5) is 0 Å². The minimum atomic E-state index is -0.324. The monoisotopic (exact) mass is 188 g/mol. The van der Waals surface area contributed by atoms with Crippen molar-refractivity contribution in [1.82, 2.24) is 0 Å². The van der Waals surface area contributed by atoms with Gasteiger partial charge in [-0.05, 0) is 32.1 Å². The number of hydrogen-bond donors (Lipinski definition) is 1. The summed E-state index contributed by atoms with van der Waals surface area (Å²) in [5.41, 5.74) is 0. The highest BCUT2D eigenvalue weighted by molar-refractivity contribution is 4.66. The van der Waals surface area contributed by atoms with Crippen LogP contribution in [0.3, 0.4) is 0 Å². The summed E-state index contributed by atoms with van der Waals surface area (Å²) < 4.78 is 10.4. The molecule has 0 aromatic rings. The van der Waals surface area contributed by atoms with Crippen LogP contribution < -0.4 is 0 Å². The third-order valence-corrected chi connectivity index (χ3v) is 2.45.